The molecule has 22 heavy (non-hydrogen) atoms. The minimum atomic E-state index is -0.961. The summed E-state index contributed by atoms with van der Waals surface area (Å²) in [5, 5.41) is 22.6. The fourth-order valence-corrected chi connectivity index (χ4v) is 2.39. The third kappa shape index (κ3) is 3.17. The maximum atomic E-state index is 10.9. The zero-order valence-electron chi connectivity index (χ0n) is 12.6. The van der Waals surface area contributed by atoms with E-state index >= 15 is 0 Å². The van der Waals surface area contributed by atoms with Crippen molar-refractivity contribution in [1.29, 1.82) is 0 Å². The van der Waals surface area contributed by atoms with Crippen molar-refractivity contribution >= 4 is 28.9 Å². The van der Waals surface area contributed by atoms with Crippen LogP contribution >= 0.6 is 11.6 Å². The van der Waals surface area contributed by atoms with Crippen LogP contribution in [-0.2, 0) is 0 Å². The fraction of sp³-hybridized carbons (Fsp3) is 0.235. The number of nitrogens with one attached hydrogen (secondary N) is 1. The molecule has 0 radical (unpaired) electrons. The van der Waals surface area contributed by atoms with Crippen LogP contribution in [0.4, 0.5) is 11.4 Å². The number of benzene rings is 2. The summed E-state index contributed by atoms with van der Waals surface area (Å²) in [6.45, 7) is 5.78. The fourth-order valence-electron chi connectivity index (χ4n) is 2.18. The van der Waals surface area contributed by atoms with E-state index in [0.29, 0.717) is 5.02 Å². The standard InChI is InChI=1S/C17H18ClNO3/c1-9(2)13-8-14(10(3)15(18)16(13)20)19-12-6-4-11(5-7-12)17(21)22/h4-9,19-20H,1-3H3,(H,21,22). The molecule has 0 aromatic heterocycles. The summed E-state index contributed by atoms with van der Waals surface area (Å²) >= 11 is 6.20. The Hall–Kier alpha value is -2.20. The van der Waals surface area contributed by atoms with Crippen molar-refractivity contribution in [2.45, 2.75) is 26.7 Å². The molecule has 0 amide bonds. The Labute approximate surface area is 134 Å². The molecule has 0 bridgehead atoms. The topological polar surface area (TPSA) is 69.6 Å². The highest BCUT2D eigenvalue weighted by Crippen LogP contribution is 2.39. The molecule has 2 aromatic rings. The molecule has 0 heterocycles. The lowest BCUT2D eigenvalue weighted by Gasteiger charge is -2.17. The highest BCUT2D eigenvalue weighted by atomic mass is 35.5. The van der Waals surface area contributed by atoms with Crippen molar-refractivity contribution in [3.05, 3.63) is 52.0 Å². The molecule has 0 aliphatic carbocycles. The Kier molecular flexibility index (Phi) is 4.62. The van der Waals surface area contributed by atoms with E-state index in [2.05, 4.69) is 5.32 Å². The van der Waals surface area contributed by atoms with Crippen LogP contribution in [0.3, 0.4) is 0 Å². The Bertz CT molecular complexity index is 709. The monoisotopic (exact) mass is 319 g/mol. The molecule has 0 unspecified atom stereocenters. The summed E-state index contributed by atoms with van der Waals surface area (Å²) in [5.41, 5.74) is 3.28. The number of halogens is 1. The molecule has 0 atom stereocenters. The number of aromatic hydroxyl groups is 1. The summed E-state index contributed by atoms with van der Waals surface area (Å²) in [4.78, 5) is 10.9. The van der Waals surface area contributed by atoms with E-state index in [1.165, 1.54) is 12.1 Å². The van der Waals surface area contributed by atoms with Gasteiger partial charge >= 0.3 is 5.97 Å². The molecule has 0 saturated heterocycles. The normalized spacial score (nSPS) is 10.8. The first-order valence-corrected chi connectivity index (χ1v) is 7.31. The maximum absolute atomic E-state index is 10.9. The van der Waals surface area contributed by atoms with Crippen LogP contribution in [0.1, 0.15) is 41.3 Å². The summed E-state index contributed by atoms with van der Waals surface area (Å²) in [6, 6.07) is 8.32. The number of rotatable bonds is 4. The van der Waals surface area contributed by atoms with Crippen molar-refractivity contribution in [1.82, 2.24) is 0 Å². The molecule has 3 N–H and O–H groups in total. The first-order chi connectivity index (χ1) is 10.3. The lowest BCUT2D eigenvalue weighted by Crippen LogP contribution is -1.99. The van der Waals surface area contributed by atoms with E-state index in [1.807, 2.05) is 26.8 Å². The smallest absolute Gasteiger partial charge is 0.335 e. The van der Waals surface area contributed by atoms with Crippen molar-refractivity contribution in [2.75, 3.05) is 5.32 Å². The maximum Gasteiger partial charge on any atom is 0.335 e. The number of anilines is 2. The predicted octanol–water partition coefficient (Wildman–Crippen LogP) is 4.92. The molecular weight excluding hydrogens is 302 g/mol. The molecule has 2 rings (SSSR count). The summed E-state index contributed by atoms with van der Waals surface area (Å²) in [6.07, 6.45) is 0. The molecule has 4 nitrogen and oxygen atoms in total. The van der Waals surface area contributed by atoms with Crippen molar-refractivity contribution in [3.63, 3.8) is 0 Å². The Balaban J connectivity index is 2.38. The Morgan fingerprint density at radius 3 is 2.32 bits per heavy atom. The van der Waals surface area contributed by atoms with Gasteiger partial charge in [-0.05, 0) is 48.7 Å². The predicted molar refractivity (Wildman–Crippen MR) is 88.6 cm³/mol. The molecule has 116 valence electrons. The van der Waals surface area contributed by atoms with Gasteiger partial charge in [0.2, 0.25) is 0 Å². The van der Waals surface area contributed by atoms with Crippen LogP contribution in [0, 0.1) is 6.92 Å². The second kappa shape index (κ2) is 6.28. The molecule has 0 aliphatic rings. The van der Waals surface area contributed by atoms with Gasteiger partial charge in [-0.25, -0.2) is 4.79 Å². The molecule has 0 aliphatic heterocycles. The highest BCUT2D eigenvalue weighted by molar-refractivity contribution is 6.33. The van der Waals surface area contributed by atoms with Gasteiger partial charge in [-0.2, -0.15) is 0 Å². The lowest BCUT2D eigenvalue weighted by molar-refractivity contribution is 0.0697. The lowest BCUT2D eigenvalue weighted by atomic mass is 9.99. The van der Waals surface area contributed by atoms with Gasteiger partial charge in [0.15, 0.2) is 0 Å². The Morgan fingerprint density at radius 2 is 1.82 bits per heavy atom. The minimum absolute atomic E-state index is 0.112. The number of hydrogen-bond acceptors (Lipinski definition) is 3. The van der Waals surface area contributed by atoms with Crippen LogP contribution in [0.15, 0.2) is 30.3 Å². The van der Waals surface area contributed by atoms with E-state index in [4.69, 9.17) is 16.7 Å². The number of phenolic OH excluding ortho intramolecular Hbond substituents is 1. The SMILES string of the molecule is Cc1c(Nc2ccc(C(=O)O)cc2)cc(C(C)C)c(O)c1Cl. The summed E-state index contributed by atoms with van der Waals surface area (Å²) < 4.78 is 0. The van der Waals surface area contributed by atoms with Gasteiger partial charge in [-0.3, -0.25) is 0 Å². The van der Waals surface area contributed by atoms with Gasteiger partial charge in [0, 0.05) is 16.9 Å². The van der Waals surface area contributed by atoms with Crippen molar-refractivity contribution in [2.24, 2.45) is 0 Å². The number of phenols is 1. The Morgan fingerprint density at radius 1 is 1.23 bits per heavy atom. The van der Waals surface area contributed by atoms with Crippen LogP contribution in [0.5, 0.6) is 5.75 Å². The second-order valence-electron chi connectivity index (χ2n) is 5.46. The quantitative estimate of drug-likeness (QED) is 0.700. The van der Waals surface area contributed by atoms with Gasteiger partial charge < -0.3 is 15.5 Å². The van der Waals surface area contributed by atoms with E-state index in [9.17, 15) is 9.90 Å². The average Bonchev–Trinajstić information content (AvgIpc) is 2.48. The van der Waals surface area contributed by atoms with Crippen LogP contribution in [-0.4, -0.2) is 16.2 Å². The molecular formula is C17H18ClNO3. The second-order valence-corrected chi connectivity index (χ2v) is 5.84. The van der Waals surface area contributed by atoms with E-state index in [-0.39, 0.29) is 17.2 Å². The molecule has 0 spiro atoms. The molecule has 0 fully saturated rings. The largest absolute Gasteiger partial charge is 0.506 e. The third-order valence-electron chi connectivity index (χ3n) is 3.55. The highest BCUT2D eigenvalue weighted by Gasteiger charge is 2.15. The number of hydrogen-bond donors (Lipinski definition) is 3. The zero-order chi connectivity index (χ0) is 16.4. The summed E-state index contributed by atoms with van der Waals surface area (Å²) in [7, 11) is 0. The number of aromatic carboxylic acids is 1. The van der Waals surface area contributed by atoms with Gasteiger partial charge in [0.1, 0.15) is 5.75 Å². The zero-order valence-corrected chi connectivity index (χ0v) is 13.4. The van der Waals surface area contributed by atoms with Crippen LogP contribution in [0.2, 0.25) is 5.02 Å². The number of carboxylic acid groups (broad SMARTS) is 1. The van der Waals surface area contributed by atoms with Gasteiger partial charge in [0.05, 0.1) is 10.6 Å². The number of carbonyl (C=O) groups is 1. The van der Waals surface area contributed by atoms with Crippen LogP contribution in [0.25, 0.3) is 0 Å². The van der Waals surface area contributed by atoms with Crippen molar-refractivity contribution in [3.8, 4) is 5.75 Å². The summed E-state index contributed by atoms with van der Waals surface area (Å²) in [5.74, 6) is -0.716. The van der Waals surface area contributed by atoms with E-state index in [1.54, 1.807) is 12.1 Å². The molecule has 2 aromatic carbocycles. The number of carboxylic acids is 1. The average molecular weight is 320 g/mol. The van der Waals surface area contributed by atoms with Crippen molar-refractivity contribution < 1.29 is 15.0 Å². The third-order valence-corrected chi connectivity index (χ3v) is 4.01. The van der Waals surface area contributed by atoms with Gasteiger partial charge in [-0.1, -0.05) is 25.4 Å². The van der Waals surface area contributed by atoms with Gasteiger partial charge in [0.25, 0.3) is 0 Å². The van der Waals surface area contributed by atoms with E-state index in [0.717, 1.165) is 22.5 Å². The van der Waals surface area contributed by atoms with Crippen LogP contribution < -0.4 is 5.32 Å². The van der Waals surface area contributed by atoms with Gasteiger partial charge in [-0.15, -0.1) is 0 Å². The minimum Gasteiger partial charge on any atom is -0.506 e. The molecule has 5 heteroatoms. The molecule has 0 saturated carbocycles. The van der Waals surface area contributed by atoms with E-state index < -0.39 is 5.97 Å². The first-order valence-electron chi connectivity index (χ1n) is 6.93. The first kappa shape index (κ1) is 16.2.